The van der Waals surface area contributed by atoms with Crippen molar-refractivity contribution in [1.82, 2.24) is 25.5 Å². The van der Waals surface area contributed by atoms with Crippen molar-refractivity contribution in [2.24, 2.45) is 0 Å². The number of aromatic hydroxyl groups is 1. The number of hydrogen-bond acceptors (Lipinski definition) is 8. The molecule has 4 atom stereocenters. The summed E-state index contributed by atoms with van der Waals surface area (Å²) in [6, 6.07) is 4.77. The van der Waals surface area contributed by atoms with Crippen LogP contribution in [0.1, 0.15) is 33.1 Å². The molecule has 0 amide bonds. The molecule has 2 fully saturated rings. The molecule has 5 rings (SSSR count). The van der Waals surface area contributed by atoms with Gasteiger partial charge >= 0.3 is 0 Å². The molecule has 8 nitrogen and oxygen atoms in total. The molecule has 4 heterocycles. The number of aromatic nitrogens is 4. The van der Waals surface area contributed by atoms with Crippen LogP contribution in [0.3, 0.4) is 0 Å². The fraction of sp³-hybridized carbons (Fsp3) is 0.455. The maximum Gasteiger partial charge on any atom is 0.247 e. The number of nitrogens with zero attached hydrogens (tertiary/aromatic N) is 5. The van der Waals surface area contributed by atoms with E-state index in [1.165, 1.54) is 6.39 Å². The van der Waals surface area contributed by atoms with Crippen molar-refractivity contribution in [3.63, 3.8) is 0 Å². The Morgan fingerprint density at radius 2 is 2.06 bits per heavy atom. The Balaban J connectivity index is 1.38. The standard InChI is InChI=1S/C22H25FN6O2/c1-21-6-7-22(2,28-21)19(23)16(9-21)29(3)18-11-24-15(10-25-18)14-5-4-13(8-17(14)30)20-27-26-12-31-20/h4-5,8,10-12,16,19,28,30H,6-7,9H2,1-3H3/t16-,19-,21-,22+/m0/s1. The number of fused-ring (bicyclic) bond motifs is 2. The Hall–Kier alpha value is -3.07. The minimum atomic E-state index is -1.00. The van der Waals surface area contributed by atoms with Crippen molar-refractivity contribution in [1.29, 1.82) is 0 Å². The zero-order valence-corrected chi connectivity index (χ0v) is 17.7. The van der Waals surface area contributed by atoms with Gasteiger partial charge in [0.25, 0.3) is 0 Å². The summed E-state index contributed by atoms with van der Waals surface area (Å²) in [6.07, 6.45) is 5.97. The molecule has 0 radical (unpaired) electrons. The van der Waals surface area contributed by atoms with E-state index in [1.807, 2.05) is 18.9 Å². The third-order valence-corrected chi connectivity index (χ3v) is 6.77. The average molecular weight is 424 g/mol. The van der Waals surface area contributed by atoms with E-state index >= 15 is 4.39 Å². The monoisotopic (exact) mass is 424 g/mol. The van der Waals surface area contributed by atoms with Crippen LogP contribution in [0.2, 0.25) is 0 Å². The van der Waals surface area contributed by atoms with Crippen LogP contribution in [-0.4, -0.2) is 55.6 Å². The molecule has 2 aliphatic rings. The number of phenolic OH excluding ortho intramolecular Hbond substituents is 1. The minimum absolute atomic E-state index is 0.0331. The van der Waals surface area contributed by atoms with Crippen molar-refractivity contribution >= 4 is 5.82 Å². The van der Waals surface area contributed by atoms with Crippen molar-refractivity contribution < 1.29 is 13.9 Å². The lowest BCUT2D eigenvalue weighted by molar-refractivity contribution is 0.0859. The van der Waals surface area contributed by atoms with Crippen molar-refractivity contribution in [2.75, 3.05) is 11.9 Å². The fourth-order valence-corrected chi connectivity index (χ4v) is 5.03. The Morgan fingerprint density at radius 3 is 2.74 bits per heavy atom. The van der Waals surface area contributed by atoms with Gasteiger partial charge in [-0.3, -0.25) is 4.98 Å². The summed E-state index contributed by atoms with van der Waals surface area (Å²) in [5, 5.41) is 21.4. The molecular weight excluding hydrogens is 399 g/mol. The van der Waals surface area contributed by atoms with Crippen molar-refractivity contribution in [3.05, 3.63) is 37.0 Å². The van der Waals surface area contributed by atoms with E-state index < -0.39 is 11.7 Å². The quantitative estimate of drug-likeness (QED) is 0.658. The van der Waals surface area contributed by atoms with Crippen LogP contribution in [0.4, 0.5) is 10.2 Å². The van der Waals surface area contributed by atoms with Gasteiger partial charge in [-0.15, -0.1) is 10.2 Å². The highest BCUT2D eigenvalue weighted by molar-refractivity contribution is 5.71. The van der Waals surface area contributed by atoms with Crippen LogP contribution < -0.4 is 10.2 Å². The summed E-state index contributed by atoms with van der Waals surface area (Å²) in [5.41, 5.74) is 1.10. The van der Waals surface area contributed by atoms with E-state index in [0.29, 0.717) is 35.0 Å². The van der Waals surface area contributed by atoms with Gasteiger partial charge in [0.05, 0.1) is 24.1 Å². The predicted molar refractivity (Wildman–Crippen MR) is 113 cm³/mol. The summed E-state index contributed by atoms with van der Waals surface area (Å²) in [5.74, 6) is 0.960. The van der Waals surface area contributed by atoms with Crippen molar-refractivity contribution in [3.8, 4) is 28.5 Å². The highest BCUT2D eigenvalue weighted by Gasteiger charge is 2.56. The molecule has 2 saturated heterocycles. The smallest absolute Gasteiger partial charge is 0.247 e. The van der Waals surface area contributed by atoms with Gasteiger partial charge in [-0.2, -0.15) is 0 Å². The normalized spacial score (nSPS) is 29.8. The first-order chi connectivity index (χ1) is 14.8. The Bertz CT molecular complexity index is 1090. The number of piperidine rings is 1. The summed E-state index contributed by atoms with van der Waals surface area (Å²) in [4.78, 5) is 10.9. The fourth-order valence-electron chi connectivity index (χ4n) is 5.03. The highest BCUT2D eigenvalue weighted by atomic mass is 19.1. The number of rotatable bonds is 4. The molecule has 31 heavy (non-hydrogen) atoms. The third-order valence-electron chi connectivity index (χ3n) is 6.77. The van der Waals surface area contributed by atoms with Gasteiger partial charge in [0, 0.05) is 29.3 Å². The second kappa shape index (κ2) is 6.98. The maximum absolute atomic E-state index is 15.4. The number of phenols is 1. The van der Waals surface area contributed by atoms with Crippen LogP contribution in [0.15, 0.2) is 41.4 Å². The van der Waals surface area contributed by atoms with Crippen molar-refractivity contribution in [2.45, 2.75) is 56.4 Å². The first-order valence-electron chi connectivity index (χ1n) is 10.4. The van der Waals surface area contributed by atoms with E-state index in [9.17, 15) is 5.11 Å². The highest BCUT2D eigenvalue weighted by Crippen LogP contribution is 2.45. The molecule has 162 valence electrons. The largest absolute Gasteiger partial charge is 0.507 e. The Kier molecular flexibility index (Phi) is 4.47. The number of hydrogen-bond donors (Lipinski definition) is 2. The second-order valence-corrected chi connectivity index (χ2v) is 9.12. The first-order valence-corrected chi connectivity index (χ1v) is 10.4. The molecule has 0 aliphatic carbocycles. The van der Waals surface area contributed by atoms with E-state index in [2.05, 4.69) is 32.4 Å². The van der Waals surface area contributed by atoms with Crippen LogP contribution in [0, 0.1) is 0 Å². The number of alkyl halides is 1. The SMILES string of the molecule is CN(c1cnc(-c2ccc(-c3nnco3)cc2O)cn1)[C@H]1C[C@]2(C)CC[C@@](C)(N2)[C@H]1F. The van der Waals surface area contributed by atoms with Gasteiger partial charge in [-0.25, -0.2) is 9.37 Å². The molecular formula is C22H25FN6O2. The summed E-state index contributed by atoms with van der Waals surface area (Å²) >= 11 is 0. The average Bonchev–Trinajstić information content (AvgIpc) is 3.38. The zero-order chi connectivity index (χ0) is 21.8. The number of anilines is 1. The zero-order valence-electron chi connectivity index (χ0n) is 17.7. The van der Waals surface area contributed by atoms with Gasteiger partial charge in [-0.1, -0.05) is 0 Å². The Labute approximate surface area is 179 Å². The van der Waals surface area contributed by atoms with Gasteiger partial charge in [-0.05, 0) is 51.3 Å². The summed E-state index contributed by atoms with van der Waals surface area (Å²) in [7, 11) is 1.87. The van der Waals surface area contributed by atoms with Crippen LogP contribution in [-0.2, 0) is 0 Å². The number of nitrogens with one attached hydrogen (secondary N) is 1. The van der Waals surface area contributed by atoms with Crippen LogP contribution in [0.5, 0.6) is 5.75 Å². The van der Waals surface area contributed by atoms with E-state index in [-0.39, 0.29) is 17.3 Å². The molecule has 0 spiro atoms. The first kappa shape index (κ1) is 19.9. The number of benzene rings is 1. The lowest BCUT2D eigenvalue weighted by atomic mass is 9.82. The predicted octanol–water partition coefficient (Wildman–Crippen LogP) is 3.35. The molecule has 9 heteroatoms. The Morgan fingerprint density at radius 1 is 1.23 bits per heavy atom. The molecule has 0 unspecified atom stereocenters. The summed E-state index contributed by atoms with van der Waals surface area (Å²) in [6.45, 7) is 4.14. The molecule has 2 aliphatic heterocycles. The number of halogens is 1. The molecule has 0 saturated carbocycles. The second-order valence-electron chi connectivity index (χ2n) is 9.12. The van der Waals surface area contributed by atoms with Gasteiger partial charge < -0.3 is 19.7 Å². The minimum Gasteiger partial charge on any atom is -0.507 e. The molecule has 1 aromatic carbocycles. The van der Waals surface area contributed by atoms with E-state index in [1.54, 1.807) is 30.6 Å². The topological polar surface area (TPSA) is 100 Å². The molecule has 2 aromatic heterocycles. The van der Waals surface area contributed by atoms with E-state index in [0.717, 1.165) is 12.8 Å². The molecule has 2 N–H and O–H groups in total. The third kappa shape index (κ3) is 3.33. The van der Waals surface area contributed by atoms with Crippen LogP contribution >= 0.6 is 0 Å². The summed E-state index contributed by atoms with van der Waals surface area (Å²) < 4.78 is 20.5. The van der Waals surface area contributed by atoms with Gasteiger partial charge in [0.1, 0.15) is 17.7 Å². The van der Waals surface area contributed by atoms with E-state index in [4.69, 9.17) is 4.42 Å². The molecule has 2 bridgehead atoms. The van der Waals surface area contributed by atoms with Gasteiger partial charge in [0.2, 0.25) is 12.3 Å². The van der Waals surface area contributed by atoms with Crippen LogP contribution in [0.25, 0.3) is 22.7 Å². The molecule has 3 aromatic rings. The lowest BCUT2D eigenvalue weighted by Gasteiger charge is -2.47. The maximum atomic E-state index is 15.4. The van der Waals surface area contributed by atoms with Gasteiger partial charge in [0.15, 0.2) is 0 Å². The lowest BCUT2D eigenvalue weighted by Crippen LogP contribution is -2.65.